The van der Waals surface area contributed by atoms with Gasteiger partial charge in [-0.05, 0) is 99.8 Å². The van der Waals surface area contributed by atoms with E-state index in [1.165, 1.54) is 5.56 Å². The van der Waals surface area contributed by atoms with Crippen LogP contribution in [0, 0.1) is 0 Å². The van der Waals surface area contributed by atoms with E-state index in [1.54, 1.807) is 0 Å². The van der Waals surface area contributed by atoms with Crippen molar-refractivity contribution in [1.29, 1.82) is 0 Å². The highest BCUT2D eigenvalue weighted by Gasteiger charge is 2.32. The van der Waals surface area contributed by atoms with Crippen molar-refractivity contribution in [3.63, 3.8) is 0 Å². The molecule has 0 amide bonds. The van der Waals surface area contributed by atoms with Gasteiger partial charge in [0.15, 0.2) is 0 Å². The Kier molecular flexibility index (Phi) is 8.72. The Balaban J connectivity index is 1.08. The third-order valence-corrected chi connectivity index (χ3v) is 11.7. The number of rotatable bonds is 7. The minimum atomic E-state index is -0.440. The van der Waals surface area contributed by atoms with Gasteiger partial charge in [0, 0.05) is 45.9 Å². The third kappa shape index (κ3) is 7.00. The predicted octanol–water partition coefficient (Wildman–Crippen LogP) is 15.1. The van der Waals surface area contributed by atoms with E-state index in [9.17, 15) is 2.74 Å². The zero-order chi connectivity index (χ0) is 43.6. The number of pyridine rings is 1. The molecule has 300 valence electrons. The van der Waals surface area contributed by atoms with E-state index in [1.807, 2.05) is 60.8 Å². The average molecular weight is 797 g/mol. The number of nitrogens with zero attached hydrogens (tertiary/aromatic N) is 4. The Bertz CT molecular complexity index is 3110. The first kappa shape index (κ1) is 35.8. The number of hydrogen-bond donors (Lipinski definition) is 0. The molecule has 7 aromatic carbocycles. The molecule has 1 aliphatic heterocycles. The Hall–Kier alpha value is -7.11. The number of ether oxygens (including phenoxy) is 1. The van der Waals surface area contributed by atoms with Crippen LogP contribution in [0.3, 0.4) is 0 Å². The molecule has 0 radical (unpaired) electrons. The van der Waals surface area contributed by atoms with Crippen LogP contribution < -0.4 is 14.5 Å². The minimum Gasteiger partial charge on any atom is -0.457 e. The highest BCUT2D eigenvalue weighted by molar-refractivity contribution is 6.09. The van der Waals surface area contributed by atoms with Gasteiger partial charge in [-0.15, -0.1) is 0 Å². The molecule has 0 bridgehead atoms. The monoisotopic (exact) mass is 796 g/mol. The second-order valence-electron chi connectivity index (χ2n) is 18.0. The van der Waals surface area contributed by atoms with Crippen LogP contribution in [0.5, 0.6) is 11.5 Å². The van der Waals surface area contributed by atoms with Crippen molar-refractivity contribution in [3.8, 4) is 39.6 Å². The first-order valence-corrected chi connectivity index (χ1v) is 21.1. The van der Waals surface area contributed by atoms with Crippen LogP contribution in [-0.2, 0) is 10.8 Å². The van der Waals surface area contributed by atoms with Crippen molar-refractivity contribution in [3.05, 3.63) is 193 Å². The highest BCUT2D eigenvalue weighted by atomic mass is 16.5. The third-order valence-electron chi connectivity index (χ3n) is 11.7. The van der Waals surface area contributed by atoms with Gasteiger partial charge in [0.25, 0.3) is 0 Å². The Morgan fingerprint density at radius 1 is 0.525 bits per heavy atom. The Labute approximate surface area is 361 Å². The molecule has 2 aromatic heterocycles. The maximum Gasteiger partial charge on any atom is 0.137 e. The van der Waals surface area contributed by atoms with Gasteiger partial charge in [-0.25, -0.2) is 4.98 Å². The van der Waals surface area contributed by atoms with Crippen molar-refractivity contribution in [2.45, 2.75) is 52.4 Å². The summed E-state index contributed by atoms with van der Waals surface area (Å²) in [6.45, 7) is 13.4. The highest BCUT2D eigenvalue weighted by Crippen LogP contribution is 2.51. The van der Waals surface area contributed by atoms with Crippen molar-refractivity contribution < 1.29 is 7.48 Å². The second-order valence-corrected chi connectivity index (χ2v) is 18.0. The SMILES string of the molecule is [2H]c1c(-c2ccccc2)c(N2CN(c3cccc(Oc4ccc5c6ccccc6n(-c6cc(C(C)(C)C)ccn6)c5c4)c3)c3ccccc32)c(-c2ccccc2)c([2H])c1C(C)(C)C. The number of fused-ring (bicyclic) bond motifs is 4. The van der Waals surface area contributed by atoms with E-state index in [0.717, 1.165) is 83.9 Å². The predicted molar refractivity (Wildman–Crippen MR) is 255 cm³/mol. The standard InChI is InChI=1S/C56H50N4O/c1-55(2,3)40-30-31-57-53(34-40)60-49-25-14-13-24-45(49)46-29-28-44(36-52(46)60)61-43-23-17-22-42(35-43)58-37-59(51-27-16-15-26-50(51)58)54-47(38-18-9-7-10-19-38)32-41(56(4,5)6)33-48(54)39-20-11-8-12-21-39/h7-36H,37H2,1-6H3/i32D,33D. The fourth-order valence-electron chi connectivity index (χ4n) is 8.54. The molecule has 5 heteroatoms. The summed E-state index contributed by atoms with van der Waals surface area (Å²) in [5.41, 5.74) is 11.0. The van der Waals surface area contributed by atoms with Crippen LogP contribution in [0.4, 0.5) is 22.7 Å². The van der Waals surface area contributed by atoms with Gasteiger partial charge in [0.2, 0.25) is 0 Å². The smallest absolute Gasteiger partial charge is 0.137 e. The summed E-state index contributed by atoms with van der Waals surface area (Å²) in [7, 11) is 0. The van der Waals surface area contributed by atoms with Gasteiger partial charge in [0.05, 0.1) is 30.8 Å². The molecule has 1 aliphatic rings. The van der Waals surface area contributed by atoms with Crippen LogP contribution in [0.2, 0.25) is 0 Å². The Morgan fingerprint density at radius 2 is 1.11 bits per heavy atom. The quantitative estimate of drug-likeness (QED) is 0.161. The van der Waals surface area contributed by atoms with Crippen molar-refractivity contribution in [1.82, 2.24) is 9.55 Å². The second kappa shape index (κ2) is 14.9. The van der Waals surface area contributed by atoms with Crippen LogP contribution in [0.25, 0.3) is 49.9 Å². The fraction of sp³-hybridized carbons (Fsp3) is 0.161. The summed E-state index contributed by atoms with van der Waals surface area (Å²) in [4.78, 5) is 9.47. The zero-order valence-electron chi connectivity index (χ0n) is 37.6. The summed E-state index contributed by atoms with van der Waals surface area (Å²) in [5, 5.41) is 2.30. The number of benzene rings is 7. The number of hydrogen-bond acceptors (Lipinski definition) is 4. The largest absolute Gasteiger partial charge is 0.457 e. The molecule has 10 rings (SSSR count). The maximum absolute atomic E-state index is 9.87. The Morgan fingerprint density at radius 3 is 1.79 bits per heavy atom. The van der Waals surface area contributed by atoms with E-state index in [4.69, 9.17) is 9.72 Å². The molecule has 0 N–H and O–H groups in total. The molecule has 0 saturated heterocycles. The maximum atomic E-state index is 9.87. The number of para-hydroxylation sites is 3. The summed E-state index contributed by atoms with van der Waals surface area (Å²) in [6.07, 6.45) is 1.91. The molecule has 9 aromatic rings. The lowest BCUT2D eigenvalue weighted by Crippen LogP contribution is -2.25. The first-order valence-electron chi connectivity index (χ1n) is 22.1. The van der Waals surface area contributed by atoms with Gasteiger partial charge < -0.3 is 14.5 Å². The molecule has 0 spiro atoms. The molecule has 0 fully saturated rings. The lowest BCUT2D eigenvalue weighted by Gasteiger charge is -2.30. The molecule has 0 unspecified atom stereocenters. The van der Waals surface area contributed by atoms with E-state index in [0.29, 0.717) is 24.5 Å². The van der Waals surface area contributed by atoms with Gasteiger partial charge >= 0.3 is 0 Å². The molecule has 3 heterocycles. The van der Waals surface area contributed by atoms with Crippen molar-refractivity contribution >= 4 is 44.6 Å². The van der Waals surface area contributed by atoms with Crippen LogP contribution in [-0.4, -0.2) is 16.2 Å². The first-order chi connectivity index (χ1) is 30.4. The fourth-order valence-corrected chi connectivity index (χ4v) is 8.54. The molecule has 61 heavy (non-hydrogen) atoms. The lowest BCUT2D eigenvalue weighted by atomic mass is 9.82. The summed E-state index contributed by atoms with van der Waals surface area (Å²) >= 11 is 0. The average Bonchev–Trinajstić information content (AvgIpc) is 3.82. The van der Waals surface area contributed by atoms with Crippen LogP contribution in [0.1, 0.15) is 55.4 Å². The molecular weight excluding hydrogens is 745 g/mol. The molecule has 0 atom stereocenters. The minimum absolute atomic E-state index is 0.0248. The van der Waals surface area contributed by atoms with E-state index in [-0.39, 0.29) is 5.41 Å². The normalized spacial score (nSPS) is 13.4. The van der Waals surface area contributed by atoms with Gasteiger partial charge in [0.1, 0.15) is 24.0 Å². The summed E-state index contributed by atoms with van der Waals surface area (Å²) in [5.74, 6) is 2.31. The van der Waals surface area contributed by atoms with Crippen LogP contribution >= 0.6 is 0 Å². The molecule has 5 nitrogen and oxygen atoms in total. The topological polar surface area (TPSA) is 33.5 Å². The summed E-state index contributed by atoms with van der Waals surface area (Å²) in [6, 6.07) is 57.0. The summed E-state index contributed by atoms with van der Waals surface area (Å²) < 4.78 is 28.7. The van der Waals surface area contributed by atoms with Gasteiger partial charge in [-0.3, -0.25) is 4.57 Å². The van der Waals surface area contributed by atoms with Crippen molar-refractivity contribution in [2.24, 2.45) is 0 Å². The number of anilines is 4. The van der Waals surface area contributed by atoms with Gasteiger partial charge in [-0.2, -0.15) is 0 Å². The van der Waals surface area contributed by atoms with E-state index in [2.05, 4.69) is 165 Å². The number of aromatic nitrogens is 2. The molecule has 0 aliphatic carbocycles. The molecule has 0 saturated carbocycles. The van der Waals surface area contributed by atoms with Gasteiger partial charge in [-0.1, -0.05) is 139 Å². The van der Waals surface area contributed by atoms with E-state index < -0.39 is 5.41 Å². The van der Waals surface area contributed by atoms with E-state index >= 15 is 0 Å². The van der Waals surface area contributed by atoms with Crippen molar-refractivity contribution in [2.75, 3.05) is 16.5 Å². The lowest BCUT2D eigenvalue weighted by molar-refractivity contribution is 0.483. The van der Waals surface area contributed by atoms with Crippen LogP contribution in [0.15, 0.2) is 182 Å². The molecular formula is C56H50N4O. The zero-order valence-corrected chi connectivity index (χ0v) is 35.6.